The summed E-state index contributed by atoms with van der Waals surface area (Å²) in [6, 6.07) is 13.5. The van der Waals surface area contributed by atoms with Gasteiger partial charge >= 0.3 is 0 Å². The van der Waals surface area contributed by atoms with Gasteiger partial charge in [0, 0.05) is 20.7 Å². The molecule has 4 atom stereocenters. The van der Waals surface area contributed by atoms with Crippen LogP contribution in [0.3, 0.4) is 0 Å². The van der Waals surface area contributed by atoms with Crippen LogP contribution in [0.4, 0.5) is 0 Å². The first-order valence-corrected chi connectivity index (χ1v) is 15.6. The molecule has 0 saturated carbocycles. The number of rotatable bonds is 15. The number of imide groups is 1. The van der Waals surface area contributed by atoms with E-state index in [9.17, 15) is 23.7 Å². The lowest BCUT2D eigenvalue weighted by atomic mass is 9.91. The topological polar surface area (TPSA) is 131 Å². The Hall–Kier alpha value is -3.49. The summed E-state index contributed by atoms with van der Waals surface area (Å²) in [5.74, 6) is -2.41. The lowest BCUT2D eigenvalue weighted by Gasteiger charge is -2.31. The third-order valence-corrected chi connectivity index (χ3v) is 8.81. The molecule has 0 aliphatic carbocycles. The van der Waals surface area contributed by atoms with Crippen LogP contribution in [-0.4, -0.2) is 60.9 Å². The van der Waals surface area contributed by atoms with E-state index in [0.717, 1.165) is 10.5 Å². The molecule has 2 N–H and O–H groups in total. The molecule has 2 aromatic rings. The van der Waals surface area contributed by atoms with Crippen LogP contribution in [0.15, 0.2) is 48.5 Å². The first-order chi connectivity index (χ1) is 20.0. The van der Waals surface area contributed by atoms with E-state index in [4.69, 9.17) is 9.26 Å². The predicted octanol–water partition coefficient (Wildman–Crippen LogP) is 4.29. The zero-order valence-corrected chi connectivity index (χ0v) is 26.1. The quantitative estimate of drug-likeness (QED) is 0.231. The van der Waals surface area contributed by atoms with Crippen molar-refractivity contribution < 1.29 is 33.0 Å². The number of amides is 4. The lowest BCUT2D eigenvalue weighted by molar-refractivity contribution is -0.131. The first kappa shape index (κ1) is 33.0. The zero-order chi connectivity index (χ0) is 31.0. The molecule has 3 rings (SSSR count). The van der Waals surface area contributed by atoms with E-state index < -0.39 is 43.4 Å². The van der Waals surface area contributed by atoms with Crippen LogP contribution in [0.5, 0.6) is 5.75 Å². The van der Waals surface area contributed by atoms with Crippen LogP contribution in [0, 0.1) is 17.8 Å². The summed E-state index contributed by atoms with van der Waals surface area (Å²) in [6.07, 6.45) is 0.723. The van der Waals surface area contributed by atoms with Crippen LogP contribution in [-0.2, 0) is 25.3 Å². The fourth-order valence-corrected chi connectivity index (χ4v) is 6.41. The molecule has 0 radical (unpaired) electrons. The Balaban J connectivity index is 1.90. The van der Waals surface area contributed by atoms with Gasteiger partial charge < -0.3 is 19.9 Å². The summed E-state index contributed by atoms with van der Waals surface area (Å²) in [5, 5.41) is 5.41. The summed E-state index contributed by atoms with van der Waals surface area (Å²) < 4.78 is 24.5. The van der Waals surface area contributed by atoms with Crippen molar-refractivity contribution in [1.29, 1.82) is 0 Å². The van der Waals surface area contributed by atoms with E-state index in [0.29, 0.717) is 12.8 Å². The van der Waals surface area contributed by atoms with Gasteiger partial charge in [0.15, 0.2) is 8.03 Å². The normalized spacial score (nSPS) is 15.8. The molecule has 0 fully saturated rings. The van der Waals surface area contributed by atoms with Crippen molar-refractivity contribution in [1.82, 2.24) is 15.5 Å². The van der Waals surface area contributed by atoms with Gasteiger partial charge in [-0.15, -0.1) is 0 Å². The monoisotopic (exact) mass is 599 g/mol. The lowest BCUT2D eigenvalue weighted by Crippen LogP contribution is -2.51. The standard InChI is InChI=1S/C31H42N3O7P/c1-19(2)15-23(28(35)33-24(16-20(3)4)29(36)32-5)26(42(39)40-6)17-34-30(37)22-13-10-14-25(27(22)31(34)38)41-18-21-11-8-7-9-12-21/h7-14,19-20,23-24,26,42H,15-18H2,1-6H3,(H,32,36)(H,33,35)/t23?,24-,26?/m0/s1. The molecule has 228 valence electrons. The van der Waals surface area contributed by atoms with Crippen molar-refractivity contribution in [3.05, 3.63) is 65.2 Å². The van der Waals surface area contributed by atoms with Gasteiger partial charge in [-0.1, -0.05) is 64.1 Å². The second-order valence-electron chi connectivity index (χ2n) is 11.3. The molecule has 3 unspecified atom stereocenters. The van der Waals surface area contributed by atoms with Gasteiger partial charge in [-0.25, -0.2) is 0 Å². The van der Waals surface area contributed by atoms with Crippen LogP contribution in [0.25, 0.3) is 0 Å². The zero-order valence-electron chi connectivity index (χ0n) is 25.1. The maximum atomic E-state index is 13.7. The Morgan fingerprint density at radius 1 is 0.905 bits per heavy atom. The Morgan fingerprint density at radius 2 is 1.57 bits per heavy atom. The predicted molar refractivity (Wildman–Crippen MR) is 161 cm³/mol. The second-order valence-corrected chi connectivity index (χ2v) is 13.1. The molecule has 1 aliphatic heterocycles. The van der Waals surface area contributed by atoms with Crippen molar-refractivity contribution in [2.24, 2.45) is 17.8 Å². The molecule has 42 heavy (non-hydrogen) atoms. The number of nitrogens with zero attached hydrogens (tertiary/aromatic N) is 1. The summed E-state index contributed by atoms with van der Waals surface area (Å²) in [7, 11) is -0.123. The second kappa shape index (κ2) is 15.1. The highest BCUT2D eigenvalue weighted by molar-refractivity contribution is 7.40. The van der Waals surface area contributed by atoms with Crippen molar-refractivity contribution >= 4 is 31.7 Å². The highest BCUT2D eigenvalue weighted by Crippen LogP contribution is 2.40. The molecule has 2 aromatic carbocycles. The average molecular weight is 600 g/mol. The van der Waals surface area contributed by atoms with E-state index in [1.165, 1.54) is 14.2 Å². The van der Waals surface area contributed by atoms with Crippen LogP contribution >= 0.6 is 8.03 Å². The van der Waals surface area contributed by atoms with Gasteiger partial charge in [0.1, 0.15) is 18.4 Å². The van der Waals surface area contributed by atoms with E-state index >= 15 is 0 Å². The maximum Gasteiger partial charge on any atom is 0.265 e. The molecule has 10 nitrogen and oxygen atoms in total. The minimum Gasteiger partial charge on any atom is -0.488 e. The van der Waals surface area contributed by atoms with Gasteiger partial charge in [0.05, 0.1) is 22.7 Å². The highest BCUT2D eigenvalue weighted by atomic mass is 31.1. The smallest absolute Gasteiger partial charge is 0.265 e. The minimum atomic E-state index is -2.90. The number of carbonyl (C=O) groups is 4. The summed E-state index contributed by atoms with van der Waals surface area (Å²) >= 11 is 0. The number of benzene rings is 2. The van der Waals surface area contributed by atoms with Crippen LogP contribution in [0.2, 0.25) is 0 Å². The van der Waals surface area contributed by atoms with E-state index in [2.05, 4.69) is 10.6 Å². The van der Waals surface area contributed by atoms with Crippen LogP contribution in [0.1, 0.15) is 66.8 Å². The summed E-state index contributed by atoms with van der Waals surface area (Å²) in [5.41, 5.74) is 0.249. The molecule has 4 amide bonds. The number of fused-ring (bicyclic) bond motifs is 1. The molecular weight excluding hydrogens is 557 g/mol. The Labute approximate surface area is 248 Å². The van der Waals surface area contributed by atoms with E-state index in [-0.39, 0.29) is 47.8 Å². The number of carbonyl (C=O) groups excluding carboxylic acids is 4. The van der Waals surface area contributed by atoms with Crippen molar-refractivity contribution in [3.8, 4) is 5.75 Å². The van der Waals surface area contributed by atoms with E-state index in [1.54, 1.807) is 18.2 Å². The fourth-order valence-electron chi connectivity index (χ4n) is 5.16. The number of hydrogen-bond donors (Lipinski definition) is 2. The van der Waals surface area contributed by atoms with Gasteiger partial charge in [-0.05, 0) is 42.4 Å². The Bertz CT molecular complexity index is 1300. The fraction of sp³-hybridized carbons (Fsp3) is 0.484. The minimum absolute atomic E-state index is 0.0126. The SMILES string of the molecule is CNC(=O)[C@H](CC(C)C)NC(=O)C(CC(C)C)C(CN1C(=O)c2cccc(OCc3ccccc3)c2C1=O)[PH](=O)OC. The van der Waals surface area contributed by atoms with Gasteiger partial charge in [-0.2, -0.15) is 0 Å². The Kier molecular flexibility index (Phi) is 11.9. The maximum absolute atomic E-state index is 13.7. The third-order valence-electron chi connectivity index (χ3n) is 7.22. The largest absolute Gasteiger partial charge is 0.488 e. The average Bonchev–Trinajstić information content (AvgIpc) is 3.21. The number of hydrogen-bond acceptors (Lipinski definition) is 7. The molecule has 0 spiro atoms. The first-order valence-electron chi connectivity index (χ1n) is 14.2. The number of ether oxygens (including phenoxy) is 1. The summed E-state index contributed by atoms with van der Waals surface area (Å²) in [6.45, 7) is 7.66. The molecule has 1 heterocycles. The van der Waals surface area contributed by atoms with Crippen molar-refractivity contribution in [2.45, 2.75) is 58.8 Å². The van der Waals surface area contributed by atoms with Crippen LogP contribution < -0.4 is 15.4 Å². The van der Waals surface area contributed by atoms with E-state index in [1.807, 2.05) is 58.0 Å². The number of nitrogens with one attached hydrogen (secondary N) is 2. The van der Waals surface area contributed by atoms with Gasteiger partial charge in [0.2, 0.25) is 11.8 Å². The summed E-state index contributed by atoms with van der Waals surface area (Å²) in [4.78, 5) is 54.4. The molecular formula is C31H42N3O7P. The van der Waals surface area contributed by atoms with Gasteiger partial charge in [0.25, 0.3) is 11.8 Å². The molecule has 11 heteroatoms. The molecule has 0 bridgehead atoms. The molecule has 0 saturated heterocycles. The Morgan fingerprint density at radius 3 is 2.17 bits per heavy atom. The van der Waals surface area contributed by atoms with Crippen molar-refractivity contribution in [2.75, 3.05) is 20.7 Å². The highest BCUT2D eigenvalue weighted by Gasteiger charge is 2.43. The number of likely N-dealkylation sites (N-methyl/N-ethyl adjacent to an activating group) is 1. The molecule has 1 aliphatic rings. The molecule has 0 aromatic heterocycles. The van der Waals surface area contributed by atoms with Gasteiger partial charge in [-0.3, -0.25) is 28.6 Å². The van der Waals surface area contributed by atoms with Crippen molar-refractivity contribution in [3.63, 3.8) is 0 Å². The third kappa shape index (κ3) is 8.07.